The normalized spacial score (nSPS) is 14.4. The van der Waals surface area contributed by atoms with E-state index in [0.29, 0.717) is 6.07 Å². The third kappa shape index (κ3) is 3.50. The average molecular weight is 257 g/mol. The lowest BCUT2D eigenvalue weighted by molar-refractivity contribution is -0.125. The van der Waals surface area contributed by atoms with E-state index in [2.05, 4.69) is 5.32 Å². The number of rotatable bonds is 4. The molecule has 0 radical (unpaired) electrons. The van der Waals surface area contributed by atoms with Crippen molar-refractivity contribution >= 4 is 5.91 Å². The summed E-state index contributed by atoms with van der Waals surface area (Å²) in [6.45, 7) is 4.65. The van der Waals surface area contributed by atoms with Gasteiger partial charge in [0.05, 0.1) is 6.54 Å². The van der Waals surface area contributed by atoms with Crippen LogP contribution < -0.4 is 5.32 Å². The minimum Gasteiger partial charge on any atom is -0.383 e. The molecule has 0 aliphatic carbocycles. The summed E-state index contributed by atoms with van der Waals surface area (Å²) >= 11 is 0. The molecule has 0 saturated carbocycles. The molecule has 18 heavy (non-hydrogen) atoms. The van der Waals surface area contributed by atoms with Gasteiger partial charge in [0.1, 0.15) is 17.2 Å². The third-order valence-corrected chi connectivity index (χ3v) is 2.64. The first kappa shape index (κ1) is 14.6. The Balaban J connectivity index is 2.82. The maximum Gasteiger partial charge on any atom is 0.222 e. The molecular formula is C13H17F2NO2. The van der Waals surface area contributed by atoms with Gasteiger partial charge in [0.2, 0.25) is 5.91 Å². The van der Waals surface area contributed by atoms with Crippen molar-refractivity contribution in [2.24, 2.45) is 5.92 Å². The topological polar surface area (TPSA) is 49.3 Å². The second-order valence-corrected chi connectivity index (χ2v) is 4.77. The van der Waals surface area contributed by atoms with Crippen molar-refractivity contribution in [3.63, 3.8) is 0 Å². The second-order valence-electron chi connectivity index (χ2n) is 4.77. The van der Waals surface area contributed by atoms with Crippen molar-refractivity contribution in [2.45, 2.75) is 26.4 Å². The van der Waals surface area contributed by atoms with Crippen LogP contribution in [0.3, 0.4) is 0 Å². The molecule has 1 aromatic carbocycles. The zero-order valence-corrected chi connectivity index (χ0v) is 10.6. The fraction of sp³-hybridized carbons (Fsp3) is 0.462. The average Bonchev–Trinajstić information content (AvgIpc) is 2.25. The number of carbonyl (C=O) groups is 1. The lowest BCUT2D eigenvalue weighted by atomic mass is 9.95. The first-order valence-electron chi connectivity index (χ1n) is 5.69. The third-order valence-electron chi connectivity index (χ3n) is 2.64. The summed E-state index contributed by atoms with van der Waals surface area (Å²) < 4.78 is 26.3. The van der Waals surface area contributed by atoms with Crippen LogP contribution in [0.5, 0.6) is 0 Å². The minimum atomic E-state index is -1.58. The predicted octanol–water partition coefficient (Wildman–Crippen LogP) is 1.94. The molecule has 0 aliphatic rings. The molecule has 1 rings (SSSR count). The van der Waals surface area contributed by atoms with Gasteiger partial charge in [-0.15, -0.1) is 0 Å². The Hall–Kier alpha value is -1.49. The van der Waals surface area contributed by atoms with Gasteiger partial charge in [0, 0.05) is 17.5 Å². The molecule has 0 aromatic heterocycles. The maximum absolute atomic E-state index is 13.5. The van der Waals surface area contributed by atoms with Crippen LogP contribution >= 0.6 is 0 Å². The molecule has 1 aromatic rings. The van der Waals surface area contributed by atoms with Crippen LogP contribution in [0.4, 0.5) is 8.78 Å². The molecule has 1 amide bonds. The number of halogens is 2. The van der Waals surface area contributed by atoms with E-state index in [1.54, 1.807) is 13.8 Å². The van der Waals surface area contributed by atoms with Gasteiger partial charge in [0.25, 0.3) is 0 Å². The fourth-order valence-electron chi connectivity index (χ4n) is 1.48. The van der Waals surface area contributed by atoms with Crippen molar-refractivity contribution in [1.29, 1.82) is 0 Å². The van der Waals surface area contributed by atoms with Crippen LogP contribution in [0, 0.1) is 17.6 Å². The van der Waals surface area contributed by atoms with E-state index in [0.717, 1.165) is 6.07 Å². The Bertz CT molecular complexity index is 445. The van der Waals surface area contributed by atoms with Gasteiger partial charge in [0.15, 0.2) is 0 Å². The summed E-state index contributed by atoms with van der Waals surface area (Å²) in [4.78, 5) is 11.4. The first-order valence-corrected chi connectivity index (χ1v) is 5.69. The summed E-state index contributed by atoms with van der Waals surface area (Å²) in [6, 6.07) is 2.94. The summed E-state index contributed by atoms with van der Waals surface area (Å²) in [5, 5.41) is 12.6. The van der Waals surface area contributed by atoms with Crippen LogP contribution in [0.25, 0.3) is 0 Å². The molecule has 5 heteroatoms. The molecule has 3 nitrogen and oxygen atoms in total. The Morgan fingerprint density at radius 3 is 2.56 bits per heavy atom. The van der Waals surface area contributed by atoms with E-state index in [9.17, 15) is 18.7 Å². The quantitative estimate of drug-likeness (QED) is 0.866. The monoisotopic (exact) mass is 257 g/mol. The molecule has 0 bridgehead atoms. The van der Waals surface area contributed by atoms with Crippen LogP contribution in [0.15, 0.2) is 18.2 Å². The van der Waals surface area contributed by atoms with E-state index < -0.39 is 17.2 Å². The highest BCUT2D eigenvalue weighted by molar-refractivity contribution is 5.77. The number of carbonyl (C=O) groups excluding carboxylic acids is 1. The fourth-order valence-corrected chi connectivity index (χ4v) is 1.48. The number of nitrogens with one attached hydrogen (secondary N) is 1. The van der Waals surface area contributed by atoms with Crippen molar-refractivity contribution in [3.05, 3.63) is 35.4 Å². The zero-order valence-electron chi connectivity index (χ0n) is 10.6. The molecular weight excluding hydrogens is 240 g/mol. The van der Waals surface area contributed by atoms with Gasteiger partial charge in [-0.3, -0.25) is 4.79 Å². The van der Waals surface area contributed by atoms with E-state index in [4.69, 9.17) is 0 Å². The van der Waals surface area contributed by atoms with E-state index >= 15 is 0 Å². The molecule has 0 spiro atoms. The highest BCUT2D eigenvalue weighted by atomic mass is 19.1. The van der Waals surface area contributed by atoms with Gasteiger partial charge in [-0.25, -0.2) is 8.78 Å². The van der Waals surface area contributed by atoms with Gasteiger partial charge in [-0.05, 0) is 13.0 Å². The smallest absolute Gasteiger partial charge is 0.222 e. The molecule has 1 atom stereocenters. The number of aliphatic hydroxyl groups is 1. The van der Waals surface area contributed by atoms with Gasteiger partial charge < -0.3 is 10.4 Å². The van der Waals surface area contributed by atoms with Crippen LogP contribution in [-0.4, -0.2) is 17.6 Å². The maximum atomic E-state index is 13.5. The predicted molar refractivity (Wildman–Crippen MR) is 63.8 cm³/mol. The Labute approximate surface area is 105 Å². The van der Waals surface area contributed by atoms with Crippen LogP contribution in [0.1, 0.15) is 26.3 Å². The van der Waals surface area contributed by atoms with Gasteiger partial charge in [-0.1, -0.05) is 19.9 Å². The highest BCUT2D eigenvalue weighted by Crippen LogP contribution is 2.23. The number of benzene rings is 1. The largest absolute Gasteiger partial charge is 0.383 e. The molecule has 2 N–H and O–H groups in total. The summed E-state index contributed by atoms with van der Waals surface area (Å²) in [6.07, 6.45) is 0. The number of hydrogen-bond acceptors (Lipinski definition) is 2. The summed E-state index contributed by atoms with van der Waals surface area (Å²) in [7, 11) is 0. The highest BCUT2D eigenvalue weighted by Gasteiger charge is 2.27. The van der Waals surface area contributed by atoms with E-state index in [1.807, 2.05) is 0 Å². The Morgan fingerprint density at radius 1 is 1.44 bits per heavy atom. The van der Waals surface area contributed by atoms with E-state index in [1.165, 1.54) is 13.0 Å². The van der Waals surface area contributed by atoms with Gasteiger partial charge >= 0.3 is 0 Å². The standard InChI is InChI=1S/C13H17F2NO2/c1-8(2)12(17)16-7-13(3,18)10-5-4-9(14)6-11(10)15/h4-6,8,18H,7H2,1-3H3,(H,16,17). The van der Waals surface area contributed by atoms with Crippen molar-refractivity contribution < 1.29 is 18.7 Å². The first-order chi connectivity index (χ1) is 8.24. The minimum absolute atomic E-state index is 0.0482. The van der Waals surface area contributed by atoms with Crippen LogP contribution in [-0.2, 0) is 10.4 Å². The molecule has 0 saturated heterocycles. The zero-order chi connectivity index (χ0) is 13.9. The Morgan fingerprint density at radius 2 is 2.06 bits per heavy atom. The molecule has 0 aliphatic heterocycles. The SMILES string of the molecule is CC(C)C(=O)NCC(C)(O)c1ccc(F)cc1F. The molecule has 1 unspecified atom stereocenters. The second kappa shape index (κ2) is 5.44. The van der Waals surface area contributed by atoms with Crippen molar-refractivity contribution in [1.82, 2.24) is 5.32 Å². The van der Waals surface area contributed by atoms with Gasteiger partial charge in [-0.2, -0.15) is 0 Å². The van der Waals surface area contributed by atoms with Crippen molar-refractivity contribution in [3.8, 4) is 0 Å². The summed E-state index contributed by atoms with van der Waals surface area (Å²) in [5.74, 6) is -2.01. The van der Waals surface area contributed by atoms with Crippen molar-refractivity contribution in [2.75, 3.05) is 6.54 Å². The lowest BCUT2D eigenvalue weighted by Crippen LogP contribution is -2.40. The molecule has 0 heterocycles. The molecule has 0 fully saturated rings. The lowest BCUT2D eigenvalue weighted by Gasteiger charge is -2.25. The van der Waals surface area contributed by atoms with Crippen LogP contribution in [0.2, 0.25) is 0 Å². The number of hydrogen-bond donors (Lipinski definition) is 2. The Kier molecular flexibility index (Phi) is 4.40. The molecule has 100 valence electrons. The van der Waals surface area contributed by atoms with E-state index in [-0.39, 0.29) is 23.9 Å². The summed E-state index contributed by atoms with van der Waals surface area (Å²) in [5.41, 5.74) is -1.63. The number of amides is 1.